The average molecular weight is 214 g/mol. The third-order valence-electron chi connectivity index (χ3n) is 1.81. The van der Waals surface area contributed by atoms with Crippen molar-refractivity contribution in [3.63, 3.8) is 0 Å². The number of benzene rings is 1. The molecule has 74 valence electrons. The van der Waals surface area contributed by atoms with E-state index in [0.29, 0.717) is 0 Å². The van der Waals surface area contributed by atoms with Crippen molar-refractivity contribution in [2.75, 3.05) is 0 Å². The van der Waals surface area contributed by atoms with Crippen LogP contribution in [-0.2, 0) is 14.5 Å². The maximum absolute atomic E-state index is 11.0. The number of aliphatic carboxylic acids is 1. The van der Waals surface area contributed by atoms with Gasteiger partial charge < -0.3 is 10.8 Å². The third-order valence-corrected chi connectivity index (χ3v) is 2.37. The molecule has 0 aromatic heterocycles. The summed E-state index contributed by atoms with van der Waals surface area (Å²) in [4.78, 5) is 19.6. The fourth-order valence-corrected chi connectivity index (χ4v) is 1.16. The van der Waals surface area contributed by atoms with E-state index in [4.69, 9.17) is 22.4 Å². The van der Waals surface area contributed by atoms with Gasteiger partial charge in [0.25, 0.3) is 5.91 Å². The van der Waals surface area contributed by atoms with Gasteiger partial charge in [-0.05, 0) is 5.56 Å². The number of hydrogen-bond acceptors (Lipinski definition) is 2. The Morgan fingerprint density at radius 2 is 1.79 bits per heavy atom. The molecule has 1 rings (SSSR count). The molecule has 1 aromatic rings. The monoisotopic (exact) mass is 213 g/mol. The molecule has 1 unspecified atom stereocenters. The Morgan fingerprint density at radius 3 is 2.14 bits per heavy atom. The number of alkyl halides is 1. The van der Waals surface area contributed by atoms with Crippen LogP contribution in [-0.4, -0.2) is 17.0 Å². The normalized spacial score (nSPS) is 14.4. The minimum Gasteiger partial charge on any atom is -0.479 e. The molecule has 0 spiro atoms. The zero-order chi connectivity index (χ0) is 10.8. The summed E-state index contributed by atoms with van der Waals surface area (Å²) >= 11 is 5.66. The Labute approximate surface area is 85.3 Å². The number of amides is 1. The molecule has 0 radical (unpaired) electrons. The largest absolute Gasteiger partial charge is 0.479 e. The van der Waals surface area contributed by atoms with Gasteiger partial charge in [0.2, 0.25) is 4.87 Å². The number of nitrogens with two attached hydrogens (primary N) is 1. The molecule has 0 aliphatic carbocycles. The van der Waals surface area contributed by atoms with Gasteiger partial charge in [-0.15, -0.1) is 0 Å². The first-order valence-corrected chi connectivity index (χ1v) is 4.15. The molecule has 0 aliphatic rings. The number of carboxylic acid groups (broad SMARTS) is 1. The standard InChI is InChI=1S/C9H8ClNO3/c10-9(7(11)12,8(13)14)6-4-2-1-3-5-6/h1-5H,(H2,11,12)(H,13,14). The van der Waals surface area contributed by atoms with E-state index in [1.54, 1.807) is 18.2 Å². The Bertz CT molecular complexity index is 350. The number of carboxylic acids is 1. The lowest BCUT2D eigenvalue weighted by atomic mass is 9.98. The van der Waals surface area contributed by atoms with Crippen LogP contribution in [0.5, 0.6) is 0 Å². The van der Waals surface area contributed by atoms with E-state index in [2.05, 4.69) is 0 Å². The third kappa shape index (κ3) is 1.56. The van der Waals surface area contributed by atoms with Crippen LogP contribution in [0.15, 0.2) is 30.3 Å². The first-order valence-electron chi connectivity index (χ1n) is 3.77. The van der Waals surface area contributed by atoms with Crippen molar-refractivity contribution in [2.45, 2.75) is 4.87 Å². The highest BCUT2D eigenvalue weighted by Gasteiger charge is 2.44. The van der Waals surface area contributed by atoms with E-state index in [1.807, 2.05) is 0 Å². The van der Waals surface area contributed by atoms with Crippen molar-refractivity contribution < 1.29 is 14.7 Å². The fraction of sp³-hybridized carbons (Fsp3) is 0.111. The van der Waals surface area contributed by atoms with Gasteiger partial charge in [0, 0.05) is 0 Å². The molecule has 4 nitrogen and oxygen atoms in total. The van der Waals surface area contributed by atoms with Crippen LogP contribution < -0.4 is 5.73 Å². The molecule has 0 heterocycles. The molecule has 1 atom stereocenters. The van der Waals surface area contributed by atoms with Crippen LogP contribution in [0.1, 0.15) is 5.56 Å². The van der Waals surface area contributed by atoms with Gasteiger partial charge in [0.1, 0.15) is 0 Å². The molecular formula is C9H8ClNO3. The highest BCUT2D eigenvalue weighted by atomic mass is 35.5. The lowest BCUT2D eigenvalue weighted by Crippen LogP contribution is -2.43. The summed E-state index contributed by atoms with van der Waals surface area (Å²) in [5.41, 5.74) is 5.11. The van der Waals surface area contributed by atoms with Gasteiger partial charge in [-0.1, -0.05) is 41.9 Å². The van der Waals surface area contributed by atoms with Gasteiger partial charge in [-0.3, -0.25) is 4.79 Å². The second-order valence-corrected chi connectivity index (χ2v) is 3.26. The Hall–Kier alpha value is -1.55. The number of halogens is 1. The zero-order valence-corrected chi connectivity index (χ0v) is 7.86. The molecular weight excluding hydrogens is 206 g/mol. The summed E-state index contributed by atoms with van der Waals surface area (Å²) in [5.74, 6) is -2.57. The first kappa shape index (κ1) is 10.5. The lowest BCUT2D eigenvalue weighted by molar-refractivity contribution is -0.144. The second-order valence-electron chi connectivity index (χ2n) is 2.69. The predicted molar refractivity (Wildman–Crippen MR) is 50.8 cm³/mol. The van der Waals surface area contributed by atoms with Gasteiger partial charge in [-0.25, -0.2) is 4.79 Å². The van der Waals surface area contributed by atoms with E-state index < -0.39 is 16.8 Å². The number of hydrogen-bond donors (Lipinski definition) is 2. The smallest absolute Gasteiger partial charge is 0.339 e. The summed E-state index contributed by atoms with van der Waals surface area (Å²) in [5, 5.41) is 8.82. The SMILES string of the molecule is NC(=O)C(Cl)(C(=O)O)c1ccccc1. The van der Waals surface area contributed by atoms with E-state index in [9.17, 15) is 9.59 Å². The minimum atomic E-state index is -2.18. The van der Waals surface area contributed by atoms with E-state index in [1.165, 1.54) is 12.1 Å². The van der Waals surface area contributed by atoms with Crippen molar-refractivity contribution in [1.29, 1.82) is 0 Å². The highest BCUT2D eigenvalue weighted by molar-refractivity contribution is 6.44. The molecule has 1 aromatic carbocycles. The molecule has 3 N–H and O–H groups in total. The highest BCUT2D eigenvalue weighted by Crippen LogP contribution is 2.28. The molecule has 0 aliphatic heterocycles. The molecule has 0 saturated heterocycles. The summed E-state index contributed by atoms with van der Waals surface area (Å²) in [6.45, 7) is 0. The van der Waals surface area contributed by atoms with Crippen LogP contribution in [0.4, 0.5) is 0 Å². The molecule has 0 saturated carbocycles. The van der Waals surface area contributed by atoms with E-state index in [-0.39, 0.29) is 5.56 Å². The van der Waals surface area contributed by atoms with Crippen molar-refractivity contribution in [1.82, 2.24) is 0 Å². The molecule has 0 bridgehead atoms. The van der Waals surface area contributed by atoms with Crippen LogP contribution >= 0.6 is 11.6 Å². The zero-order valence-electron chi connectivity index (χ0n) is 7.11. The van der Waals surface area contributed by atoms with Gasteiger partial charge in [-0.2, -0.15) is 0 Å². The maximum atomic E-state index is 11.0. The topological polar surface area (TPSA) is 80.4 Å². The lowest BCUT2D eigenvalue weighted by Gasteiger charge is -2.18. The van der Waals surface area contributed by atoms with Crippen LogP contribution in [0.2, 0.25) is 0 Å². The van der Waals surface area contributed by atoms with E-state index >= 15 is 0 Å². The number of primary amides is 1. The summed E-state index contributed by atoms with van der Waals surface area (Å²) < 4.78 is 0. The number of carbonyl (C=O) groups excluding carboxylic acids is 1. The molecule has 5 heteroatoms. The van der Waals surface area contributed by atoms with Gasteiger partial charge in [0.15, 0.2) is 0 Å². The summed E-state index contributed by atoms with van der Waals surface area (Å²) in [7, 11) is 0. The fourth-order valence-electron chi connectivity index (χ4n) is 1.04. The van der Waals surface area contributed by atoms with E-state index in [0.717, 1.165) is 0 Å². The predicted octanol–water partition coefficient (Wildman–Crippen LogP) is 0.691. The quantitative estimate of drug-likeness (QED) is 0.573. The number of carbonyl (C=O) groups is 2. The first-order chi connectivity index (χ1) is 6.49. The average Bonchev–Trinajstić information content (AvgIpc) is 2.17. The van der Waals surface area contributed by atoms with Crippen LogP contribution in [0.3, 0.4) is 0 Å². The second kappa shape index (κ2) is 3.67. The van der Waals surface area contributed by atoms with Crippen molar-refractivity contribution in [3.05, 3.63) is 35.9 Å². The maximum Gasteiger partial charge on any atom is 0.339 e. The molecule has 0 fully saturated rings. The Balaban J connectivity index is 3.27. The molecule has 1 amide bonds. The van der Waals surface area contributed by atoms with Gasteiger partial charge in [0.05, 0.1) is 0 Å². The van der Waals surface area contributed by atoms with Crippen LogP contribution in [0.25, 0.3) is 0 Å². The van der Waals surface area contributed by atoms with Crippen LogP contribution in [0, 0.1) is 0 Å². The number of rotatable bonds is 3. The van der Waals surface area contributed by atoms with Crippen molar-refractivity contribution in [3.8, 4) is 0 Å². The Kier molecular flexibility index (Phi) is 2.76. The Morgan fingerprint density at radius 1 is 1.29 bits per heavy atom. The van der Waals surface area contributed by atoms with Crippen molar-refractivity contribution in [2.24, 2.45) is 5.73 Å². The summed E-state index contributed by atoms with van der Waals surface area (Å²) in [6.07, 6.45) is 0. The van der Waals surface area contributed by atoms with Gasteiger partial charge >= 0.3 is 5.97 Å². The molecule has 14 heavy (non-hydrogen) atoms. The summed E-state index contributed by atoms with van der Waals surface area (Å²) in [6, 6.07) is 7.72. The minimum absolute atomic E-state index is 0.154. The van der Waals surface area contributed by atoms with Crippen molar-refractivity contribution >= 4 is 23.5 Å².